The lowest BCUT2D eigenvalue weighted by Crippen LogP contribution is -2.31. The molecule has 3 aromatic rings. The van der Waals surface area contributed by atoms with E-state index in [0.717, 1.165) is 22.4 Å². The second kappa shape index (κ2) is 13.4. The van der Waals surface area contributed by atoms with Crippen LogP contribution in [0.1, 0.15) is 66.1 Å². The Kier molecular flexibility index (Phi) is 10.1. The number of anilines is 2. The molecule has 0 spiro atoms. The molecule has 1 saturated carbocycles. The number of hydrogen-bond donors (Lipinski definition) is 1. The molecule has 4 rings (SSSR count). The number of hydrogen-bond acceptors (Lipinski definition) is 6. The number of aliphatic carboxylic acids is 1. The molecule has 0 saturated heterocycles. The lowest BCUT2D eigenvalue weighted by Gasteiger charge is -2.29. The first-order chi connectivity index (χ1) is 21.4. The predicted octanol–water partition coefficient (Wildman–Crippen LogP) is 7.12. The Morgan fingerprint density at radius 2 is 1.48 bits per heavy atom. The summed E-state index contributed by atoms with van der Waals surface area (Å²) in [6, 6.07) is 0.951. The monoisotopic (exact) mass is 666 g/mol. The SMILES string of the molecule is CCCN(CC1CC1)c1c(CN(Cc2cc(C(F)(F)F)cc(C(F)(F)F)c2)c2ncc(CCC(=O)O)cn2)c(C(F)(F)F)nn1C. The third-order valence-electron chi connectivity index (χ3n) is 7.32. The van der Waals surface area contributed by atoms with Crippen molar-refractivity contribution in [3.63, 3.8) is 0 Å². The topological polar surface area (TPSA) is 87.4 Å². The van der Waals surface area contributed by atoms with Gasteiger partial charge in [-0.05, 0) is 60.9 Å². The van der Waals surface area contributed by atoms with Gasteiger partial charge in [-0.2, -0.15) is 44.6 Å². The van der Waals surface area contributed by atoms with Gasteiger partial charge in [-0.25, -0.2) is 9.97 Å². The van der Waals surface area contributed by atoms with Gasteiger partial charge in [-0.3, -0.25) is 9.48 Å². The number of alkyl halides is 9. The van der Waals surface area contributed by atoms with Gasteiger partial charge in [0.1, 0.15) is 5.82 Å². The van der Waals surface area contributed by atoms with E-state index >= 15 is 0 Å². The van der Waals surface area contributed by atoms with Gasteiger partial charge in [0.15, 0.2) is 5.69 Å². The second-order valence-electron chi connectivity index (χ2n) is 11.2. The Morgan fingerprint density at radius 1 is 0.891 bits per heavy atom. The molecule has 17 heteroatoms. The first-order valence-corrected chi connectivity index (χ1v) is 14.3. The highest BCUT2D eigenvalue weighted by Crippen LogP contribution is 2.40. The Hall–Kier alpha value is -4.05. The highest BCUT2D eigenvalue weighted by atomic mass is 19.4. The number of carbonyl (C=O) groups is 1. The lowest BCUT2D eigenvalue weighted by molar-refractivity contribution is -0.144. The smallest absolute Gasteiger partial charge is 0.435 e. The van der Waals surface area contributed by atoms with Crippen LogP contribution in [-0.2, 0) is 49.9 Å². The fourth-order valence-electron chi connectivity index (χ4n) is 5.10. The second-order valence-corrected chi connectivity index (χ2v) is 11.2. The maximum Gasteiger partial charge on any atom is 0.435 e. The Balaban J connectivity index is 1.85. The number of nitrogens with zero attached hydrogens (tertiary/aromatic N) is 6. The van der Waals surface area contributed by atoms with Crippen LogP contribution in [0.2, 0.25) is 0 Å². The summed E-state index contributed by atoms with van der Waals surface area (Å²) in [6.45, 7) is 1.25. The van der Waals surface area contributed by atoms with E-state index in [4.69, 9.17) is 5.11 Å². The van der Waals surface area contributed by atoms with E-state index in [-0.39, 0.29) is 42.2 Å². The van der Waals surface area contributed by atoms with Crippen LogP contribution >= 0.6 is 0 Å². The van der Waals surface area contributed by atoms with Gasteiger partial charge in [-0.15, -0.1) is 0 Å². The molecule has 1 aliphatic rings. The van der Waals surface area contributed by atoms with Crippen LogP contribution in [0.4, 0.5) is 51.3 Å². The minimum absolute atomic E-state index is 0.0102. The fraction of sp³-hybridized carbons (Fsp3) is 0.517. The summed E-state index contributed by atoms with van der Waals surface area (Å²) < 4.78 is 126. The summed E-state index contributed by atoms with van der Waals surface area (Å²) in [5.41, 5.74) is -4.92. The zero-order valence-electron chi connectivity index (χ0n) is 24.8. The number of aryl methyl sites for hydroxylation is 2. The number of halogens is 9. The van der Waals surface area contributed by atoms with Crippen LogP contribution in [-0.4, -0.2) is 43.9 Å². The van der Waals surface area contributed by atoms with Crippen LogP contribution in [0.5, 0.6) is 0 Å². The zero-order valence-corrected chi connectivity index (χ0v) is 24.8. The summed E-state index contributed by atoms with van der Waals surface area (Å²) >= 11 is 0. The van der Waals surface area contributed by atoms with E-state index in [9.17, 15) is 44.3 Å². The van der Waals surface area contributed by atoms with Crippen molar-refractivity contribution in [3.05, 3.63) is 64.1 Å². The molecule has 0 aliphatic heterocycles. The molecule has 0 amide bonds. The maximum absolute atomic E-state index is 14.4. The molecule has 2 aromatic heterocycles. The van der Waals surface area contributed by atoms with E-state index in [1.807, 2.05) is 6.92 Å². The van der Waals surface area contributed by atoms with E-state index < -0.39 is 60.0 Å². The third-order valence-corrected chi connectivity index (χ3v) is 7.32. The zero-order chi connectivity index (χ0) is 34.0. The minimum Gasteiger partial charge on any atom is -0.481 e. The fourth-order valence-corrected chi connectivity index (χ4v) is 5.10. The van der Waals surface area contributed by atoms with Crippen LogP contribution in [0.25, 0.3) is 0 Å². The highest BCUT2D eigenvalue weighted by Gasteiger charge is 2.41. The van der Waals surface area contributed by atoms with E-state index in [1.165, 1.54) is 19.4 Å². The van der Waals surface area contributed by atoms with Crippen molar-refractivity contribution in [2.45, 2.75) is 70.6 Å². The van der Waals surface area contributed by atoms with Crippen LogP contribution in [0.3, 0.4) is 0 Å². The van der Waals surface area contributed by atoms with Gasteiger partial charge in [0, 0.05) is 51.1 Å². The van der Waals surface area contributed by atoms with Crippen LogP contribution in [0, 0.1) is 5.92 Å². The van der Waals surface area contributed by atoms with E-state index in [2.05, 4.69) is 15.1 Å². The van der Waals surface area contributed by atoms with Crippen molar-refractivity contribution < 1.29 is 49.4 Å². The van der Waals surface area contributed by atoms with E-state index in [1.54, 1.807) is 4.90 Å². The first-order valence-electron chi connectivity index (χ1n) is 14.3. The van der Waals surface area contributed by atoms with Crippen molar-refractivity contribution in [1.82, 2.24) is 19.7 Å². The minimum atomic E-state index is -5.15. The maximum atomic E-state index is 14.4. The molecule has 2 heterocycles. The Morgan fingerprint density at radius 3 is 1.96 bits per heavy atom. The molecule has 0 radical (unpaired) electrons. The van der Waals surface area contributed by atoms with Gasteiger partial charge in [0.05, 0.1) is 17.7 Å². The third kappa shape index (κ3) is 8.81. The van der Waals surface area contributed by atoms with Gasteiger partial charge in [0.25, 0.3) is 0 Å². The molecule has 0 unspecified atom stereocenters. The summed E-state index contributed by atoms with van der Waals surface area (Å²) in [7, 11) is 1.34. The normalized spacial score (nSPS) is 14.1. The number of aromatic nitrogens is 4. The molecule has 46 heavy (non-hydrogen) atoms. The molecule has 252 valence electrons. The number of benzene rings is 1. The molecule has 1 aromatic carbocycles. The van der Waals surface area contributed by atoms with Crippen LogP contribution < -0.4 is 9.80 Å². The van der Waals surface area contributed by atoms with Gasteiger partial charge in [0.2, 0.25) is 5.95 Å². The number of carboxylic acids is 1. The summed E-state index contributed by atoms with van der Waals surface area (Å²) in [4.78, 5) is 22.0. The van der Waals surface area contributed by atoms with Gasteiger partial charge in [-0.1, -0.05) is 6.92 Å². The number of rotatable bonds is 13. The summed E-state index contributed by atoms with van der Waals surface area (Å²) in [6.07, 6.45) is -10.7. The average molecular weight is 667 g/mol. The molecular formula is C29H31F9N6O2. The van der Waals surface area contributed by atoms with Crippen molar-refractivity contribution >= 4 is 17.7 Å². The van der Waals surface area contributed by atoms with Crippen molar-refractivity contribution in [2.24, 2.45) is 13.0 Å². The Bertz CT molecular complexity index is 1480. The highest BCUT2D eigenvalue weighted by molar-refractivity contribution is 5.67. The summed E-state index contributed by atoms with van der Waals surface area (Å²) in [5, 5.41) is 12.7. The van der Waals surface area contributed by atoms with Gasteiger partial charge >= 0.3 is 24.5 Å². The molecule has 1 aliphatic carbocycles. The Labute approximate surface area is 257 Å². The quantitative estimate of drug-likeness (QED) is 0.195. The van der Waals surface area contributed by atoms with Crippen molar-refractivity contribution in [2.75, 3.05) is 22.9 Å². The van der Waals surface area contributed by atoms with E-state index in [0.29, 0.717) is 37.2 Å². The molecule has 8 nitrogen and oxygen atoms in total. The summed E-state index contributed by atoms with van der Waals surface area (Å²) in [5.74, 6) is -1.03. The van der Waals surface area contributed by atoms with Gasteiger partial charge < -0.3 is 14.9 Å². The average Bonchev–Trinajstić information content (AvgIpc) is 3.70. The predicted molar refractivity (Wildman–Crippen MR) is 148 cm³/mol. The molecule has 0 atom stereocenters. The molecule has 1 fully saturated rings. The van der Waals surface area contributed by atoms with Crippen LogP contribution in [0.15, 0.2) is 30.6 Å². The number of carboxylic acid groups (broad SMARTS) is 1. The lowest BCUT2D eigenvalue weighted by atomic mass is 10.0. The van der Waals surface area contributed by atoms with Crippen molar-refractivity contribution in [1.29, 1.82) is 0 Å². The molecule has 0 bridgehead atoms. The largest absolute Gasteiger partial charge is 0.481 e. The standard InChI is InChI=1S/C29H31F9N6O2/c1-3-8-43(14-17-4-5-17)25-22(24(29(36,37)38)41-42(25)2)16-44(26-39-12-18(13-40-26)6-7-23(45)46)15-19-9-20(27(30,31)32)11-21(10-19)28(33,34)35/h9-13,17H,3-8,14-16H2,1-2H3,(H,45,46). The van der Waals surface area contributed by atoms with Crippen molar-refractivity contribution in [3.8, 4) is 0 Å². The first kappa shape index (κ1) is 34.8. The molecular weight excluding hydrogens is 635 g/mol. The molecule has 1 N–H and O–H groups in total.